The average molecular weight is 593 g/mol. The Bertz CT molecular complexity index is 1810. The topological polar surface area (TPSA) is 115 Å². The number of aromatic nitrogens is 2. The van der Waals surface area contributed by atoms with E-state index in [4.69, 9.17) is 4.42 Å². The molecule has 9 nitrogen and oxygen atoms in total. The zero-order valence-corrected chi connectivity index (χ0v) is 24.8. The fourth-order valence-corrected chi connectivity index (χ4v) is 5.37. The fraction of sp³-hybridized carbons (Fsp3) is 0.286. The number of hydrogen-bond acceptors (Lipinski definition) is 6. The Hall–Kier alpha value is -5.05. The van der Waals surface area contributed by atoms with Crippen LogP contribution >= 0.6 is 0 Å². The number of Topliss-reactive ketones (excluding diaryl/α,β-unsaturated/α-hetero) is 1. The van der Waals surface area contributed by atoms with Crippen LogP contribution in [0.5, 0.6) is 0 Å². The van der Waals surface area contributed by atoms with Crippen LogP contribution in [0.1, 0.15) is 51.0 Å². The number of pyridine rings is 1. The summed E-state index contributed by atoms with van der Waals surface area (Å²) in [6, 6.07) is 24.8. The van der Waals surface area contributed by atoms with Crippen molar-refractivity contribution in [2.45, 2.75) is 64.6 Å². The van der Waals surface area contributed by atoms with E-state index in [0.29, 0.717) is 42.5 Å². The van der Waals surface area contributed by atoms with Crippen molar-refractivity contribution in [1.29, 1.82) is 0 Å². The number of ketones is 1. The van der Waals surface area contributed by atoms with Crippen LogP contribution in [0.3, 0.4) is 0 Å². The van der Waals surface area contributed by atoms with Gasteiger partial charge in [-0.15, -0.1) is 0 Å². The van der Waals surface area contributed by atoms with Gasteiger partial charge in [-0.3, -0.25) is 28.8 Å². The summed E-state index contributed by atoms with van der Waals surface area (Å²) in [5.41, 5.74) is 3.14. The van der Waals surface area contributed by atoms with Crippen molar-refractivity contribution in [3.63, 3.8) is 0 Å². The number of rotatable bonds is 14. The predicted molar refractivity (Wildman–Crippen MR) is 170 cm³/mol. The molecule has 2 heterocycles. The molecule has 0 radical (unpaired) electrons. The molecule has 226 valence electrons. The van der Waals surface area contributed by atoms with Crippen molar-refractivity contribution in [3.8, 4) is 0 Å². The number of benzene rings is 3. The van der Waals surface area contributed by atoms with Crippen molar-refractivity contribution >= 4 is 45.3 Å². The lowest BCUT2D eigenvalue weighted by atomic mass is 10.0. The van der Waals surface area contributed by atoms with Crippen LogP contribution in [-0.4, -0.2) is 33.2 Å². The molecule has 1 N–H and O–H groups in total. The molecule has 9 heteroatoms. The smallest absolute Gasteiger partial charge is 0.408 e. The number of carbonyl (C=O) groups excluding carboxylic acids is 3. The number of carbonyl (C=O) groups is 3. The number of fused-ring (bicyclic) bond motifs is 2. The maximum atomic E-state index is 14.1. The van der Waals surface area contributed by atoms with E-state index in [1.807, 2.05) is 43.3 Å². The van der Waals surface area contributed by atoms with Crippen LogP contribution in [0.15, 0.2) is 100 Å². The molecule has 5 rings (SSSR count). The Morgan fingerprint density at radius 3 is 2.50 bits per heavy atom. The summed E-state index contributed by atoms with van der Waals surface area (Å²) in [6.07, 6.45) is 5.22. The standard InChI is InChI=1S/C35H36N4O5/c1-2-28(40)16-7-4-8-19-31(34(42)37-23-25-21-26-13-9-10-17-29(26)36-22-25)39(27-14-5-3-6-15-27)33(41)24-38-30-18-11-12-20-32(30)44-35(38)43/h3,5-6,9-15,17-18,20-22,31H,2,4,7-8,16,19,23-24H2,1H3,(H,37,42)/t31-/m0/s1. The summed E-state index contributed by atoms with van der Waals surface area (Å²) < 4.78 is 6.65. The Labute approximate surface area is 255 Å². The van der Waals surface area contributed by atoms with Crippen molar-refractivity contribution in [1.82, 2.24) is 14.9 Å². The SMILES string of the molecule is CCC(=O)CCCCC[C@@H](C(=O)NCc1cnc2ccccc2c1)N(C(=O)Cn1c(=O)oc2ccccc21)c1ccccc1. The summed E-state index contributed by atoms with van der Waals surface area (Å²) in [5, 5.41) is 3.99. The van der Waals surface area contributed by atoms with Gasteiger partial charge in [-0.1, -0.05) is 68.3 Å². The van der Waals surface area contributed by atoms with Crippen LogP contribution < -0.4 is 16.0 Å². The summed E-state index contributed by atoms with van der Waals surface area (Å²) in [7, 11) is 0. The third kappa shape index (κ3) is 7.29. The van der Waals surface area contributed by atoms with Gasteiger partial charge in [0.05, 0.1) is 11.0 Å². The van der Waals surface area contributed by atoms with E-state index >= 15 is 0 Å². The second kappa shape index (κ2) is 14.4. The molecule has 0 unspecified atom stereocenters. The highest BCUT2D eigenvalue weighted by Crippen LogP contribution is 2.23. The largest absolute Gasteiger partial charge is 0.420 e. The lowest BCUT2D eigenvalue weighted by Gasteiger charge is -2.31. The van der Waals surface area contributed by atoms with Crippen LogP contribution in [0, 0.1) is 0 Å². The molecule has 3 aromatic carbocycles. The molecule has 0 aliphatic rings. The molecule has 0 saturated carbocycles. The zero-order valence-electron chi connectivity index (χ0n) is 24.8. The molecule has 0 spiro atoms. The highest BCUT2D eigenvalue weighted by atomic mass is 16.4. The molecule has 0 aliphatic carbocycles. The maximum Gasteiger partial charge on any atom is 0.420 e. The highest BCUT2D eigenvalue weighted by Gasteiger charge is 2.31. The van der Waals surface area contributed by atoms with E-state index in [2.05, 4.69) is 10.3 Å². The van der Waals surface area contributed by atoms with Crippen LogP contribution in [0.25, 0.3) is 22.0 Å². The van der Waals surface area contributed by atoms with Gasteiger partial charge in [-0.05, 0) is 54.8 Å². The zero-order chi connectivity index (χ0) is 30.9. The summed E-state index contributed by atoms with van der Waals surface area (Å²) in [5.74, 6) is -1.16. The summed E-state index contributed by atoms with van der Waals surface area (Å²) in [4.78, 5) is 58.5. The molecular formula is C35H36N4O5. The van der Waals surface area contributed by atoms with E-state index in [-0.39, 0.29) is 24.8 Å². The molecule has 2 aromatic heterocycles. The van der Waals surface area contributed by atoms with Gasteiger partial charge in [0, 0.05) is 36.7 Å². The first-order valence-electron chi connectivity index (χ1n) is 15.0. The first-order chi connectivity index (χ1) is 21.4. The number of nitrogens with zero attached hydrogens (tertiary/aromatic N) is 3. The van der Waals surface area contributed by atoms with E-state index in [9.17, 15) is 19.2 Å². The molecule has 44 heavy (non-hydrogen) atoms. The van der Waals surface area contributed by atoms with Gasteiger partial charge in [-0.2, -0.15) is 0 Å². The third-order valence-corrected chi connectivity index (χ3v) is 7.73. The number of amides is 2. The van der Waals surface area contributed by atoms with Gasteiger partial charge in [0.25, 0.3) is 0 Å². The summed E-state index contributed by atoms with van der Waals surface area (Å²) in [6.45, 7) is 1.79. The first-order valence-corrected chi connectivity index (χ1v) is 15.0. The quantitative estimate of drug-likeness (QED) is 0.163. The van der Waals surface area contributed by atoms with Crippen LogP contribution in [-0.2, 0) is 27.5 Å². The fourth-order valence-electron chi connectivity index (χ4n) is 5.37. The van der Waals surface area contributed by atoms with E-state index in [1.54, 1.807) is 54.7 Å². The minimum Gasteiger partial charge on any atom is -0.408 e. The minimum atomic E-state index is -0.853. The number of oxazole rings is 1. The first kappa shape index (κ1) is 30.4. The van der Waals surface area contributed by atoms with Crippen molar-refractivity contribution in [2.24, 2.45) is 0 Å². The highest BCUT2D eigenvalue weighted by molar-refractivity contribution is 6.01. The molecule has 2 amide bonds. The van der Waals surface area contributed by atoms with Crippen molar-refractivity contribution in [2.75, 3.05) is 4.90 Å². The minimum absolute atomic E-state index is 0.210. The Balaban J connectivity index is 1.41. The number of nitrogens with one attached hydrogen (secondary N) is 1. The van der Waals surface area contributed by atoms with Gasteiger partial charge in [0.2, 0.25) is 11.8 Å². The van der Waals surface area contributed by atoms with E-state index in [0.717, 1.165) is 29.3 Å². The van der Waals surface area contributed by atoms with E-state index in [1.165, 1.54) is 9.47 Å². The maximum absolute atomic E-state index is 14.1. The van der Waals surface area contributed by atoms with Crippen molar-refractivity contribution in [3.05, 3.63) is 107 Å². The normalized spacial score (nSPS) is 11.8. The van der Waals surface area contributed by atoms with Crippen LogP contribution in [0.4, 0.5) is 5.69 Å². The lowest BCUT2D eigenvalue weighted by molar-refractivity contribution is -0.127. The van der Waals surface area contributed by atoms with Gasteiger partial charge in [-0.25, -0.2) is 4.79 Å². The van der Waals surface area contributed by atoms with Gasteiger partial charge in [0.1, 0.15) is 18.4 Å². The second-order valence-electron chi connectivity index (χ2n) is 10.8. The number of hydrogen-bond donors (Lipinski definition) is 1. The Morgan fingerprint density at radius 1 is 0.932 bits per heavy atom. The van der Waals surface area contributed by atoms with Crippen molar-refractivity contribution < 1.29 is 18.8 Å². The molecule has 0 saturated heterocycles. The van der Waals surface area contributed by atoms with Gasteiger partial charge < -0.3 is 9.73 Å². The summed E-state index contributed by atoms with van der Waals surface area (Å²) >= 11 is 0. The van der Waals surface area contributed by atoms with E-state index < -0.39 is 17.7 Å². The second-order valence-corrected chi connectivity index (χ2v) is 10.8. The molecule has 0 aliphatic heterocycles. The molecule has 0 fully saturated rings. The molecule has 0 bridgehead atoms. The van der Waals surface area contributed by atoms with Crippen LogP contribution in [0.2, 0.25) is 0 Å². The van der Waals surface area contributed by atoms with Gasteiger partial charge >= 0.3 is 5.76 Å². The van der Waals surface area contributed by atoms with Gasteiger partial charge in [0.15, 0.2) is 5.58 Å². The Kier molecular flexibility index (Phi) is 9.96. The Morgan fingerprint density at radius 2 is 1.68 bits per heavy atom. The molecule has 1 atom stereocenters. The number of anilines is 1. The molecule has 5 aromatic rings. The number of para-hydroxylation sites is 4. The monoisotopic (exact) mass is 592 g/mol. The average Bonchev–Trinajstić information content (AvgIpc) is 3.37. The lowest BCUT2D eigenvalue weighted by Crippen LogP contribution is -2.51. The predicted octanol–water partition coefficient (Wildman–Crippen LogP) is 5.79. The number of unbranched alkanes of at least 4 members (excludes halogenated alkanes) is 2. The third-order valence-electron chi connectivity index (χ3n) is 7.73. The molecular weight excluding hydrogens is 556 g/mol.